The van der Waals surface area contributed by atoms with E-state index in [0.29, 0.717) is 0 Å². The molecule has 2 nitrogen and oxygen atoms in total. The molecule has 0 aliphatic rings. The third-order valence-corrected chi connectivity index (χ3v) is 6.07. The topological polar surface area (TPSA) is 25.8 Å². The number of hydrogen-bond acceptors (Lipinski definition) is 3. The molecule has 0 unspecified atom stereocenters. The van der Waals surface area contributed by atoms with Crippen LogP contribution >= 0.6 is 11.3 Å². The van der Waals surface area contributed by atoms with Crippen LogP contribution in [0.1, 0.15) is 12.5 Å². The van der Waals surface area contributed by atoms with Gasteiger partial charge in [0.1, 0.15) is 0 Å². The highest BCUT2D eigenvalue weighted by Crippen LogP contribution is 2.39. The minimum atomic E-state index is 0.753. The Balaban J connectivity index is 1.80. The molecule has 28 heavy (non-hydrogen) atoms. The molecule has 0 spiro atoms. The third kappa shape index (κ3) is 2.81. The highest BCUT2D eigenvalue weighted by atomic mass is 32.1. The maximum atomic E-state index is 4.99. The van der Waals surface area contributed by atoms with Crippen molar-refractivity contribution in [1.82, 2.24) is 9.97 Å². The molecule has 0 saturated carbocycles. The maximum Gasteiger partial charge on any atom is 0.160 e. The van der Waals surface area contributed by atoms with Crippen LogP contribution in [0.3, 0.4) is 0 Å². The van der Waals surface area contributed by atoms with Crippen molar-refractivity contribution >= 4 is 37.2 Å². The van der Waals surface area contributed by atoms with Crippen LogP contribution in [-0.4, -0.2) is 9.97 Å². The summed E-state index contributed by atoms with van der Waals surface area (Å²) in [6, 6.07) is 27.1. The molecule has 2 aromatic heterocycles. The van der Waals surface area contributed by atoms with Gasteiger partial charge >= 0.3 is 0 Å². The second-order valence-corrected chi connectivity index (χ2v) is 7.95. The fourth-order valence-electron chi connectivity index (χ4n) is 3.42. The van der Waals surface area contributed by atoms with Crippen molar-refractivity contribution in [2.45, 2.75) is 6.92 Å². The second-order valence-electron chi connectivity index (χ2n) is 6.90. The Morgan fingerprint density at radius 2 is 1.50 bits per heavy atom. The van der Waals surface area contributed by atoms with Crippen molar-refractivity contribution in [2.75, 3.05) is 0 Å². The van der Waals surface area contributed by atoms with Crippen LogP contribution in [-0.2, 0) is 0 Å². The SMILES string of the molecule is C=C(C)c1ccc(-c2nc(-c3ccccc3)c3sc4ccccc4c3n2)cc1. The zero-order chi connectivity index (χ0) is 19.1. The smallest absolute Gasteiger partial charge is 0.160 e. The molecule has 0 saturated heterocycles. The summed E-state index contributed by atoms with van der Waals surface area (Å²) in [5.74, 6) is 0.753. The van der Waals surface area contributed by atoms with Gasteiger partial charge in [0.15, 0.2) is 5.82 Å². The van der Waals surface area contributed by atoms with Gasteiger partial charge in [-0.1, -0.05) is 84.9 Å². The Morgan fingerprint density at radius 3 is 2.25 bits per heavy atom. The van der Waals surface area contributed by atoms with Gasteiger partial charge in [-0.15, -0.1) is 11.3 Å². The van der Waals surface area contributed by atoms with Crippen molar-refractivity contribution in [3.8, 4) is 22.6 Å². The van der Waals surface area contributed by atoms with E-state index in [1.54, 1.807) is 11.3 Å². The molecule has 0 amide bonds. The minimum absolute atomic E-state index is 0.753. The number of rotatable bonds is 3. The number of hydrogen-bond donors (Lipinski definition) is 0. The summed E-state index contributed by atoms with van der Waals surface area (Å²) in [5, 5.41) is 1.18. The van der Waals surface area contributed by atoms with Gasteiger partial charge in [-0.2, -0.15) is 0 Å². The quantitative estimate of drug-likeness (QED) is 0.331. The Kier molecular flexibility index (Phi) is 4.03. The maximum absolute atomic E-state index is 4.99. The Morgan fingerprint density at radius 1 is 0.786 bits per heavy atom. The molecule has 0 atom stereocenters. The summed E-state index contributed by atoms with van der Waals surface area (Å²) in [6.45, 7) is 6.04. The minimum Gasteiger partial charge on any atom is -0.226 e. The van der Waals surface area contributed by atoms with Crippen LogP contribution in [0.4, 0.5) is 0 Å². The molecule has 0 aliphatic carbocycles. The number of aromatic nitrogens is 2. The van der Waals surface area contributed by atoms with Crippen molar-refractivity contribution < 1.29 is 0 Å². The first-order valence-corrected chi connectivity index (χ1v) is 10.0. The largest absolute Gasteiger partial charge is 0.226 e. The third-order valence-electron chi connectivity index (χ3n) is 4.90. The molecule has 3 aromatic carbocycles. The average molecular weight is 379 g/mol. The molecule has 2 heterocycles. The lowest BCUT2D eigenvalue weighted by atomic mass is 10.1. The van der Waals surface area contributed by atoms with Crippen LogP contribution in [0.2, 0.25) is 0 Å². The molecule has 0 aliphatic heterocycles. The van der Waals surface area contributed by atoms with E-state index in [-0.39, 0.29) is 0 Å². The van der Waals surface area contributed by atoms with Crippen LogP contribution in [0.25, 0.3) is 48.5 Å². The lowest BCUT2D eigenvalue weighted by Crippen LogP contribution is -1.93. The normalized spacial score (nSPS) is 11.2. The van der Waals surface area contributed by atoms with Gasteiger partial charge in [0.05, 0.1) is 15.9 Å². The summed E-state index contributed by atoms with van der Waals surface area (Å²) in [7, 11) is 0. The van der Waals surface area contributed by atoms with Crippen molar-refractivity contribution in [2.24, 2.45) is 0 Å². The number of thiophene rings is 1. The molecule has 0 radical (unpaired) electrons. The standard InChI is InChI=1S/C25H18N2S/c1-16(2)17-12-14-19(15-13-17)25-26-22(18-8-4-3-5-9-18)24-23(27-25)20-10-6-7-11-21(20)28-24/h3-15H,1H2,2H3. The van der Waals surface area contributed by atoms with Gasteiger partial charge in [0.2, 0.25) is 0 Å². The zero-order valence-electron chi connectivity index (χ0n) is 15.5. The first-order chi connectivity index (χ1) is 13.7. The number of fused-ring (bicyclic) bond motifs is 3. The van der Waals surface area contributed by atoms with Gasteiger partial charge in [-0.25, -0.2) is 9.97 Å². The predicted molar refractivity (Wildman–Crippen MR) is 121 cm³/mol. The fourth-order valence-corrected chi connectivity index (χ4v) is 4.57. The molecule has 134 valence electrons. The number of allylic oxidation sites excluding steroid dienone is 1. The van der Waals surface area contributed by atoms with E-state index in [1.165, 1.54) is 10.1 Å². The summed E-state index contributed by atoms with van der Waals surface area (Å²) in [6.07, 6.45) is 0. The Labute approximate surface area is 167 Å². The number of benzene rings is 3. The highest BCUT2D eigenvalue weighted by molar-refractivity contribution is 7.26. The molecule has 0 N–H and O–H groups in total. The first kappa shape index (κ1) is 16.8. The Hall–Kier alpha value is -3.30. The summed E-state index contributed by atoms with van der Waals surface area (Å²) < 4.78 is 2.37. The molecular formula is C25H18N2S. The highest BCUT2D eigenvalue weighted by Gasteiger charge is 2.16. The molecule has 0 bridgehead atoms. The molecule has 3 heteroatoms. The molecule has 5 aromatic rings. The molecule has 0 fully saturated rings. The van der Waals surface area contributed by atoms with Crippen molar-refractivity contribution in [3.63, 3.8) is 0 Å². The van der Waals surface area contributed by atoms with Crippen LogP contribution in [0.15, 0.2) is 85.4 Å². The van der Waals surface area contributed by atoms with E-state index in [2.05, 4.69) is 79.4 Å². The first-order valence-electron chi connectivity index (χ1n) is 9.22. The van der Waals surface area contributed by atoms with Gasteiger partial charge in [-0.05, 0) is 18.6 Å². The Bertz CT molecular complexity index is 1320. The van der Waals surface area contributed by atoms with E-state index in [0.717, 1.165) is 44.0 Å². The van der Waals surface area contributed by atoms with Crippen LogP contribution in [0, 0.1) is 0 Å². The molecule has 5 rings (SSSR count). The van der Waals surface area contributed by atoms with Gasteiger partial charge in [0, 0.05) is 21.2 Å². The number of nitrogens with zero attached hydrogens (tertiary/aromatic N) is 2. The average Bonchev–Trinajstić information content (AvgIpc) is 3.12. The van der Waals surface area contributed by atoms with Crippen molar-refractivity contribution in [1.29, 1.82) is 0 Å². The van der Waals surface area contributed by atoms with Crippen LogP contribution < -0.4 is 0 Å². The van der Waals surface area contributed by atoms with E-state index in [4.69, 9.17) is 9.97 Å². The molecular weight excluding hydrogens is 360 g/mol. The monoisotopic (exact) mass is 378 g/mol. The van der Waals surface area contributed by atoms with Crippen molar-refractivity contribution in [3.05, 3.63) is 91.0 Å². The fraction of sp³-hybridized carbons (Fsp3) is 0.0400. The van der Waals surface area contributed by atoms with Crippen LogP contribution in [0.5, 0.6) is 0 Å². The van der Waals surface area contributed by atoms with E-state index in [9.17, 15) is 0 Å². The summed E-state index contributed by atoms with van der Waals surface area (Å²) in [4.78, 5) is 9.96. The summed E-state index contributed by atoms with van der Waals surface area (Å²) >= 11 is 1.76. The predicted octanol–water partition coefficient (Wildman–Crippen LogP) is 7.21. The van der Waals surface area contributed by atoms with E-state index < -0.39 is 0 Å². The van der Waals surface area contributed by atoms with E-state index in [1.807, 2.05) is 13.0 Å². The lowest BCUT2D eigenvalue weighted by molar-refractivity contribution is 1.24. The zero-order valence-corrected chi connectivity index (χ0v) is 16.3. The van der Waals surface area contributed by atoms with Gasteiger partial charge < -0.3 is 0 Å². The van der Waals surface area contributed by atoms with Gasteiger partial charge in [0.25, 0.3) is 0 Å². The lowest BCUT2D eigenvalue weighted by Gasteiger charge is -2.08. The van der Waals surface area contributed by atoms with E-state index >= 15 is 0 Å². The summed E-state index contributed by atoms with van der Waals surface area (Å²) in [5.41, 5.74) is 6.32. The second kappa shape index (κ2) is 6.70. The van der Waals surface area contributed by atoms with Gasteiger partial charge in [-0.3, -0.25) is 0 Å².